The molecular weight excluding hydrogens is 319 g/mol. The Kier molecular flexibility index (Phi) is 4.24. The summed E-state index contributed by atoms with van der Waals surface area (Å²) >= 11 is 0. The first-order chi connectivity index (χ1) is 12.1. The molecule has 132 valence electrons. The lowest BCUT2D eigenvalue weighted by Crippen LogP contribution is -2.60. The molecule has 2 saturated heterocycles. The van der Waals surface area contributed by atoms with Crippen molar-refractivity contribution in [2.24, 2.45) is 5.92 Å². The van der Waals surface area contributed by atoms with E-state index in [1.165, 1.54) is 12.1 Å². The number of hydrogen-bond donors (Lipinski definition) is 0. The highest BCUT2D eigenvalue weighted by Gasteiger charge is 2.53. The van der Waals surface area contributed by atoms with Gasteiger partial charge >= 0.3 is 0 Å². The van der Waals surface area contributed by atoms with E-state index in [1.807, 2.05) is 0 Å². The minimum absolute atomic E-state index is 0.0640. The van der Waals surface area contributed by atoms with E-state index in [-0.39, 0.29) is 23.6 Å². The zero-order valence-electron chi connectivity index (χ0n) is 14.3. The number of nitrogens with zero attached hydrogens (tertiary/aromatic N) is 2. The van der Waals surface area contributed by atoms with Crippen LogP contribution in [0, 0.1) is 23.1 Å². The average Bonchev–Trinajstić information content (AvgIpc) is 3.43. The molecule has 4 atom stereocenters. The number of amides is 1. The Hall–Kier alpha value is -1.93. The summed E-state index contributed by atoms with van der Waals surface area (Å²) in [5.74, 6) is -0.129. The van der Waals surface area contributed by atoms with Gasteiger partial charge in [0, 0.05) is 19.1 Å². The molecule has 1 saturated carbocycles. The Balaban J connectivity index is 1.50. The summed E-state index contributed by atoms with van der Waals surface area (Å²) in [6, 6.07) is 8.30. The lowest BCUT2D eigenvalue weighted by Gasteiger charge is -2.48. The van der Waals surface area contributed by atoms with Crippen LogP contribution in [0.1, 0.15) is 50.0 Å². The molecule has 1 spiro atoms. The standard InChI is InChI=1S/C20H23FN2O2/c21-15-6-4-14(5-7-15)16-12-17(16)19(24)23-10-3-9-20(18(23)13-22)8-1-2-11-25-20/h4-7,16-18H,1-3,8-12H2/t16-,17+,18-,20-/m0/s1. The average molecular weight is 342 g/mol. The zero-order valence-corrected chi connectivity index (χ0v) is 14.3. The van der Waals surface area contributed by atoms with Gasteiger partial charge in [-0.2, -0.15) is 5.26 Å². The highest BCUT2D eigenvalue weighted by atomic mass is 19.1. The maximum absolute atomic E-state index is 13.1. The highest BCUT2D eigenvalue weighted by Crippen LogP contribution is 2.50. The summed E-state index contributed by atoms with van der Waals surface area (Å²) in [4.78, 5) is 14.8. The summed E-state index contributed by atoms with van der Waals surface area (Å²) < 4.78 is 19.1. The predicted molar refractivity (Wildman–Crippen MR) is 90.1 cm³/mol. The van der Waals surface area contributed by atoms with Crippen molar-refractivity contribution in [3.05, 3.63) is 35.6 Å². The molecule has 2 heterocycles. The van der Waals surface area contributed by atoms with E-state index in [9.17, 15) is 14.4 Å². The molecule has 1 amide bonds. The summed E-state index contributed by atoms with van der Waals surface area (Å²) in [6.45, 7) is 1.32. The van der Waals surface area contributed by atoms with Crippen molar-refractivity contribution in [2.45, 2.75) is 56.1 Å². The van der Waals surface area contributed by atoms with Gasteiger partial charge in [0.15, 0.2) is 0 Å². The van der Waals surface area contributed by atoms with Crippen LogP contribution in [0.3, 0.4) is 0 Å². The fraction of sp³-hybridized carbons (Fsp3) is 0.600. The third-order valence-electron chi connectivity index (χ3n) is 6.00. The van der Waals surface area contributed by atoms with Crippen molar-refractivity contribution in [1.82, 2.24) is 4.90 Å². The van der Waals surface area contributed by atoms with Crippen molar-refractivity contribution in [3.8, 4) is 6.07 Å². The summed E-state index contributed by atoms with van der Waals surface area (Å²) in [5.41, 5.74) is 0.537. The van der Waals surface area contributed by atoms with Gasteiger partial charge in [-0.25, -0.2) is 4.39 Å². The van der Waals surface area contributed by atoms with Crippen LogP contribution >= 0.6 is 0 Å². The van der Waals surface area contributed by atoms with Gasteiger partial charge < -0.3 is 9.64 Å². The Morgan fingerprint density at radius 3 is 2.68 bits per heavy atom. The smallest absolute Gasteiger partial charge is 0.227 e. The van der Waals surface area contributed by atoms with E-state index in [0.717, 1.165) is 44.1 Å². The SMILES string of the molecule is N#C[C@@H]1N(C(=O)[C@@H]2C[C@H]2c2ccc(F)cc2)CCC[C@@]12CCCCO2. The third-order valence-corrected chi connectivity index (χ3v) is 6.00. The van der Waals surface area contributed by atoms with Crippen molar-refractivity contribution in [1.29, 1.82) is 5.26 Å². The Labute approximate surface area is 147 Å². The van der Waals surface area contributed by atoms with Gasteiger partial charge in [0.2, 0.25) is 5.91 Å². The van der Waals surface area contributed by atoms with Crippen LogP contribution in [0.25, 0.3) is 0 Å². The molecule has 1 aromatic rings. The monoisotopic (exact) mass is 342 g/mol. The number of halogens is 1. The molecule has 2 aliphatic heterocycles. The van der Waals surface area contributed by atoms with Crippen molar-refractivity contribution in [2.75, 3.05) is 13.2 Å². The number of benzene rings is 1. The lowest BCUT2D eigenvalue weighted by atomic mass is 9.79. The molecule has 1 aliphatic carbocycles. The second kappa shape index (κ2) is 6.42. The van der Waals surface area contributed by atoms with Gasteiger partial charge in [-0.3, -0.25) is 4.79 Å². The van der Waals surface area contributed by atoms with Gasteiger partial charge in [0.25, 0.3) is 0 Å². The maximum Gasteiger partial charge on any atom is 0.227 e. The lowest BCUT2D eigenvalue weighted by molar-refractivity contribution is -0.160. The third kappa shape index (κ3) is 2.93. The van der Waals surface area contributed by atoms with Gasteiger partial charge in [-0.05, 0) is 62.1 Å². The van der Waals surface area contributed by atoms with Crippen LogP contribution in [-0.4, -0.2) is 35.6 Å². The quantitative estimate of drug-likeness (QED) is 0.828. The summed E-state index contributed by atoms with van der Waals surface area (Å²) in [5, 5.41) is 9.78. The van der Waals surface area contributed by atoms with Crippen LogP contribution < -0.4 is 0 Å². The molecule has 0 unspecified atom stereocenters. The van der Waals surface area contributed by atoms with Crippen molar-refractivity contribution < 1.29 is 13.9 Å². The van der Waals surface area contributed by atoms with Crippen LogP contribution in [-0.2, 0) is 9.53 Å². The van der Waals surface area contributed by atoms with E-state index in [4.69, 9.17) is 4.74 Å². The Morgan fingerprint density at radius 2 is 2.00 bits per heavy atom. The fourth-order valence-electron chi connectivity index (χ4n) is 4.57. The molecule has 3 aliphatic rings. The molecule has 3 fully saturated rings. The number of carbonyl (C=O) groups excluding carboxylic acids is 1. The van der Waals surface area contributed by atoms with Crippen molar-refractivity contribution >= 4 is 5.91 Å². The molecule has 0 N–H and O–H groups in total. The minimum Gasteiger partial charge on any atom is -0.372 e. The number of carbonyl (C=O) groups is 1. The van der Waals surface area contributed by atoms with Crippen LogP contribution in [0.5, 0.6) is 0 Å². The topological polar surface area (TPSA) is 53.3 Å². The maximum atomic E-state index is 13.1. The molecule has 4 rings (SSSR count). The molecular formula is C20H23FN2O2. The predicted octanol–water partition coefficient (Wildman–Crippen LogP) is 3.38. The molecule has 0 bridgehead atoms. The van der Waals surface area contributed by atoms with Gasteiger partial charge in [-0.15, -0.1) is 0 Å². The largest absolute Gasteiger partial charge is 0.372 e. The second-order valence-corrected chi connectivity index (χ2v) is 7.54. The fourth-order valence-corrected chi connectivity index (χ4v) is 4.57. The number of ether oxygens (including phenoxy) is 1. The molecule has 25 heavy (non-hydrogen) atoms. The summed E-state index contributed by atoms with van der Waals surface area (Å²) in [6.07, 6.45) is 5.48. The van der Waals surface area contributed by atoms with E-state index in [0.29, 0.717) is 13.2 Å². The van der Waals surface area contributed by atoms with Crippen molar-refractivity contribution in [3.63, 3.8) is 0 Å². The molecule has 0 aromatic heterocycles. The number of nitriles is 1. The first-order valence-corrected chi connectivity index (χ1v) is 9.24. The zero-order chi connectivity index (χ0) is 17.4. The van der Waals surface area contributed by atoms with E-state index < -0.39 is 11.6 Å². The Bertz CT molecular complexity index is 685. The van der Waals surface area contributed by atoms with E-state index >= 15 is 0 Å². The Morgan fingerprint density at radius 1 is 1.24 bits per heavy atom. The van der Waals surface area contributed by atoms with E-state index in [2.05, 4.69) is 6.07 Å². The normalized spacial score (nSPS) is 34.6. The number of rotatable bonds is 2. The number of piperidine rings is 1. The van der Waals surface area contributed by atoms with Crippen LogP contribution in [0.2, 0.25) is 0 Å². The second-order valence-electron chi connectivity index (χ2n) is 7.54. The number of hydrogen-bond acceptors (Lipinski definition) is 3. The molecule has 5 heteroatoms. The first-order valence-electron chi connectivity index (χ1n) is 9.24. The van der Waals surface area contributed by atoms with Gasteiger partial charge in [-0.1, -0.05) is 12.1 Å². The van der Waals surface area contributed by atoms with Crippen LogP contribution in [0.15, 0.2) is 24.3 Å². The first kappa shape index (κ1) is 16.5. The van der Waals surface area contributed by atoms with Gasteiger partial charge in [0.05, 0.1) is 6.07 Å². The number of likely N-dealkylation sites (tertiary alicyclic amines) is 1. The van der Waals surface area contributed by atoms with Gasteiger partial charge in [0.1, 0.15) is 17.5 Å². The molecule has 1 aromatic carbocycles. The van der Waals surface area contributed by atoms with Crippen LogP contribution in [0.4, 0.5) is 4.39 Å². The summed E-state index contributed by atoms with van der Waals surface area (Å²) in [7, 11) is 0. The van der Waals surface area contributed by atoms with E-state index in [1.54, 1.807) is 17.0 Å². The molecule has 4 nitrogen and oxygen atoms in total. The minimum atomic E-state index is -0.483. The molecule has 0 radical (unpaired) electrons. The highest BCUT2D eigenvalue weighted by molar-refractivity contribution is 5.84.